The fourth-order valence-electron chi connectivity index (χ4n) is 2.18. The van der Waals surface area contributed by atoms with E-state index in [4.69, 9.17) is 0 Å². The molecule has 20 heavy (non-hydrogen) atoms. The van der Waals surface area contributed by atoms with Crippen molar-refractivity contribution in [2.75, 3.05) is 0 Å². The van der Waals surface area contributed by atoms with E-state index in [9.17, 15) is 18.3 Å². The van der Waals surface area contributed by atoms with Crippen molar-refractivity contribution in [1.29, 1.82) is 0 Å². The predicted octanol–water partition coefficient (Wildman–Crippen LogP) is 4.40. The molecule has 3 aromatic rings. The lowest BCUT2D eigenvalue weighted by Crippen LogP contribution is -2.06. The molecule has 2 aromatic carbocycles. The molecule has 5 heteroatoms. The van der Waals surface area contributed by atoms with E-state index >= 15 is 0 Å². The molecule has 0 fully saturated rings. The van der Waals surface area contributed by atoms with Gasteiger partial charge in [0, 0.05) is 22.4 Å². The molecule has 0 radical (unpaired) electrons. The number of aliphatic hydroxyl groups is 1. The van der Waals surface area contributed by atoms with E-state index in [1.165, 1.54) is 11.3 Å². The number of fused-ring (bicyclic) bond motifs is 1. The minimum atomic E-state index is -1.47. The third-order valence-electron chi connectivity index (χ3n) is 3.12. The third kappa shape index (κ3) is 2.09. The van der Waals surface area contributed by atoms with Crippen LogP contribution in [0.2, 0.25) is 0 Å². The first-order valence-electron chi connectivity index (χ1n) is 5.86. The first-order chi connectivity index (χ1) is 9.58. The molecule has 0 saturated carbocycles. The van der Waals surface area contributed by atoms with Crippen LogP contribution in [0.15, 0.2) is 41.8 Å². The second kappa shape index (κ2) is 4.92. The number of halogens is 3. The molecule has 1 atom stereocenters. The van der Waals surface area contributed by atoms with E-state index in [1.807, 2.05) is 12.1 Å². The van der Waals surface area contributed by atoms with Crippen molar-refractivity contribution >= 4 is 21.4 Å². The normalized spacial score (nSPS) is 12.8. The molecule has 0 aliphatic rings. The van der Waals surface area contributed by atoms with Crippen molar-refractivity contribution < 1.29 is 18.3 Å². The average molecular weight is 294 g/mol. The van der Waals surface area contributed by atoms with Crippen LogP contribution in [0.5, 0.6) is 0 Å². The van der Waals surface area contributed by atoms with Crippen molar-refractivity contribution in [2.24, 2.45) is 0 Å². The summed E-state index contributed by atoms with van der Waals surface area (Å²) in [5, 5.41) is 12.6. The summed E-state index contributed by atoms with van der Waals surface area (Å²) < 4.78 is 41.2. The van der Waals surface area contributed by atoms with Crippen LogP contribution >= 0.6 is 11.3 Å². The summed E-state index contributed by atoms with van der Waals surface area (Å²) in [4.78, 5) is 0. The first kappa shape index (κ1) is 13.1. The highest BCUT2D eigenvalue weighted by molar-refractivity contribution is 7.17. The summed E-state index contributed by atoms with van der Waals surface area (Å²) in [5.41, 5.74) is -0.120. The van der Waals surface area contributed by atoms with Crippen molar-refractivity contribution in [1.82, 2.24) is 0 Å². The number of thiophene rings is 1. The topological polar surface area (TPSA) is 20.2 Å². The maximum Gasteiger partial charge on any atom is 0.135 e. The van der Waals surface area contributed by atoms with E-state index in [2.05, 4.69) is 0 Å². The Morgan fingerprint density at radius 2 is 1.65 bits per heavy atom. The Bertz CT molecular complexity index is 759. The lowest BCUT2D eigenvalue weighted by atomic mass is 10.00. The molecule has 0 amide bonds. The summed E-state index contributed by atoms with van der Waals surface area (Å²) in [7, 11) is 0. The minimum Gasteiger partial charge on any atom is -0.383 e. The zero-order chi connectivity index (χ0) is 14.3. The van der Waals surface area contributed by atoms with Crippen LogP contribution in [0.25, 0.3) is 10.1 Å². The van der Waals surface area contributed by atoms with Crippen molar-refractivity contribution in [3.05, 3.63) is 70.4 Å². The second-order valence-electron chi connectivity index (χ2n) is 4.37. The van der Waals surface area contributed by atoms with Gasteiger partial charge in [-0.2, -0.15) is 0 Å². The molecule has 0 bridgehead atoms. The van der Waals surface area contributed by atoms with Gasteiger partial charge in [-0.15, -0.1) is 11.3 Å². The van der Waals surface area contributed by atoms with Gasteiger partial charge in [-0.05, 0) is 16.8 Å². The Labute approximate surface area is 116 Å². The second-order valence-corrected chi connectivity index (χ2v) is 5.28. The van der Waals surface area contributed by atoms with Gasteiger partial charge >= 0.3 is 0 Å². The number of hydrogen-bond donors (Lipinski definition) is 1. The Kier molecular flexibility index (Phi) is 3.23. The van der Waals surface area contributed by atoms with Gasteiger partial charge in [0.1, 0.15) is 23.6 Å². The van der Waals surface area contributed by atoms with Crippen LogP contribution in [0.4, 0.5) is 13.2 Å². The van der Waals surface area contributed by atoms with Gasteiger partial charge in [-0.25, -0.2) is 13.2 Å². The van der Waals surface area contributed by atoms with Gasteiger partial charge in [0.25, 0.3) is 0 Å². The van der Waals surface area contributed by atoms with Gasteiger partial charge in [-0.3, -0.25) is 0 Å². The summed E-state index contributed by atoms with van der Waals surface area (Å²) in [6.45, 7) is 0. The average Bonchev–Trinajstić information content (AvgIpc) is 2.81. The quantitative estimate of drug-likeness (QED) is 0.742. The molecular weight excluding hydrogens is 285 g/mol. The molecule has 3 rings (SSSR count). The maximum absolute atomic E-state index is 13.7. The van der Waals surface area contributed by atoms with E-state index in [0.29, 0.717) is 17.7 Å². The molecular formula is C15H9F3OS. The van der Waals surface area contributed by atoms with E-state index < -0.39 is 29.1 Å². The lowest BCUT2D eigenvalue weighted by Gasteiger charge is -2.12. The number of hydrogen-bond acceptors (Lipinski definition) is 2. The fourth-order valence-corrected chi connectivity index (χ4v) is 3.16. The number of benzene rings is 2. The third-order valence-corrected chi connectivity index (χ3v) is 4.10. The van der Waals surface area contributed by atoms with Crippen molar-refractivity contribution in [3.63, 3.8) is 0 Å². The van der Waals surface area contributed by atoms with Gasteiger partial charge in [0.05, 0.1) is 5.56 Å². The molecule has 102 valence electrons. The van der Waals surface area contributed by atoms with Crippen LogP contribution in [0.3, 0.4) is 0 Å². The first-order valence-corrected chi connectivity index (χ1v) is 6.74. The maximum atomic E-state index is 13.7. The summed E-state index contributed by atoms with van der Waals surface area (Å²) in [6, 6.07) is 8.38. The smallest absolute Gasteiger partial charge is 0.135 e. The molecule has 0 aliphatic heterocycles. The molecule has 1 heterocycles. The zero-order valence-electron chi connectivity index (χ0n) is 10.1. The van der Waals surface area contributed by atoms with Crippen LogP contribution < -0.4 is 0 Å². The van der Waals surface area contributed by atoms with Crippen molar-refractivity contribution in [2.45, 2.75) is 6.10 Å². The molecule has 1 N–H and O–H groups in total. The highest BCUT2D eigenvalue weighted by Crippen LogP contribution is 2.35. The van der Waals surface area contributed by atoms with Gasteiger partial charge in [-0.1, -0.05) is 18.2 Å². The molecule has 0 spiro atoms. The molecule has 1 aromatic heterocycles. The Balaban J connectivity index is 2.16. The predicted molar refractivity (Wildman–Crippen MR) is 72.2 cm³/mol. The molecule has 1 unspecified atom stereocenters. The Hall–Kier alpha value is -1.85. The van der Waals surface area contributed by atoms with Gasteiger partial charge in [0.2, 0.25) is 0 Å². The lowest BCUT2D eigenvalue weighted by molar-refractivity contribution is 0.210. The zero-order valence-corrected chi connectivity index (χ0v) is 10.9. The highest BCUT2D eigenvalue weighted by atomic mass is 32.1. The number of aliphatic hydroxyl groups excluding tert-OH is 1. The van der Waals surface area contributed by atoms with Crippen molar-refractivity contribution in [3.8, 4) is 0 Å². The Morgan fingerprint density at radius 1 is 1.00 bits per heavy atom. The van der Waals surface area contributed by atoms with E-state index in [-0.39, 0.29) is 0 Å². The number of rotatable bonds is 2. The molecule has 0 saturated heterocycles. The monoisotopic (exact) mass is 294 g/mol. The SMILES string of the molecule is OC(c1c(F)cc(F)cc1F)c1csc2ccccc12. The van der Waals surface area contributed by atoms with Crippen LogP contribution in [0, 0.1) is 17.5 Å². The largest absolute Gasteiger partial charge is 0.383 e. The van der Waals surface area contributed by atoms with E-state index in [0.717, 1.165) is 10.1 Å². The highest BCUT2D eigenvalue weighted by Gasteiger charge is 2.23. The summed E-state index contributed by atoms with van der Waals surface area (Å²) >= 11 is 1.37. The van der Waals surface area contributed by atoms with Gasteiger partial charge < -0.3 is 5.11 Å². The van der Waals surface area contributed by atoms with Crippen LogP contribution in [0.1, 0.15) is 17.2 Å². The fraction of sp³-hybridized carbons (Fsp3) is 0.0667. The minimum absolute atomic E-state index is 0.412. The van der Waals surface area contributed by atoms with E-state index in [1.54, 1.807) is 17.5 Å². The van der Waals surface area contributed by atoms with Crippen LogP contribution in [-0.4, -0.2) is 5.11 Å². The van der Waals surface area contributed by atoms with Gasteiger partial charge in [0.15, 0.2) is 0 Å². The summed E-state index contributed by atoms with van der Waals surface area (Å²) in [5.74, 6) is -3.19. The standard InChI is InChI=1S/C15H9F3OS/c16-8-5-11(17)14(12(18)6-8)15(19)10-7-20-13-4-2-1-3-9(10)13/h1-7,15,19H. The Morgan fingerprint density at radius 3 is 2.35 bits per heavy atom. The summed E-state index contributed by atoms with van der Waals surface area (Å²) in [6.07, 6.45) is -1.47. The molecule has 1 nitrogen and oxygen atoms in total. The molecule has 0 aliphatic carbocycles. The van der Waals surface area contributed by atoms with Crippen LogP contribution in [-0.2, 0) is 0 Å².